The molecule has 0 atom stereocenters. The van der Waals surface area contributed by atoms with Crippen LogP contribution in [0.3, 0.4) is 0 Å². The first-order valence-electron chi connectivity index (χ1n) is 20.5. The first kappa shape index (κ1) is 35.2. The van der Waals surface area contributed by atoms with Gasteiger partial charge in [-0.1, -0.05) is 188 Å². The van der Waals surface area contributed by atoms with E-state index in [9.17, 15) is 0 Å². The largest absolute Gasteiger partial charge is 0.456 e. The monoisotopic (exact) mass is 765 g/mol. The Morgan fingerprint density at radius 1 is 0.267 bits per heavy atom. The van der Waals surface area contributed by atoms with Gasteiger partial charge in [0.1, 0.15) is 11.2 Å². The Kier molecular flexibility index (Phi) is 8.87. The van der Waals surface area contributed by atoms with E-state index in [1.54, 1.807) is 0 Å². The van der Waals surface area contributed by atoms with Gasteiger partial charge in [-0.15, -0.1) is 0 Å². The maximum absolute atomic E-state index is 6.31. The summed E-state index contributed by atoms with van der Waals surface area (Å²) in [6.45, 7) is 0. The lowest BCUT2D eigenvalue weighted by atomic mass is 9.88. The molecule has 0 amide bonds. The Balaban J connectivity index is 1.05. The Morgan fingerprint density at radius 2 is 0.767 bits per heavy atom. The Bertz CT molecular complexity index is 3310. The molecule has 0 saturated carbocycles. The lowest BCUT2D eigenvalue weighted by molar-refractivity contribution is 0.669. The van der Waals surface area contributed by atoms with Crippen LogP contribution >= 0.6 is 0 Å². The molecule has 0 spiro atoms. The summed E-state index contributed by atoms with van der Waals surface area (Å²) in [5.41, 5.74) is 16.8. The number of hydrogen-bond acceptors (Lipinski definition) is 2. The van der Waals surface area contributed by atoms with Crippen molar-refractivity contribution in [1.29, 1.82) is 0 Å². The molecular weight excluding hydrogens is 727 g/mol. The Morgan fingerprint density at radius 3 is 1.55 bits per heavy atom. The van der Waals surface area contributed by atoms with Crippen molar-refractivity contribution in [3.63, 3.8) is 0 Å². The second-order valence-electron chi connectivity index (χ2n) is 15.3. The average Bonchev–Trinajstić information content (AvgIpc) is 3.70. The Hall–Kier alpha value is -7.94. The zero-order valence-corrected chi connectivity index (χ0v) is 32.9. The van der Waals surface area contributed by atoms with Crippen molar-refractivity contribution in [3.05, 3.63) is 237 Å². The van der Waals surface area contributed by atoms with Crippen molar-refractivity contribution in [3.8, 4) is 55.6 Å². The number of rotatable bonds is 8. The van der Waals surface area contributed by atoms with Crippen molar-refractivity contribution in [1.82, 2.24) is 0 Å². The van der Waals surface area contributed by atoms with Crippen LogP contribution in [-0.2, 0) is 0 Å². The molecule has 2 heteroatoms. The van der Waals surface area contributed by atoms with Gasteiger partial charge in [0.25, 0.3) is 0 Å². The van der Waals surface area contributed by atoms with Gasteiger partial charge in [-0.05, 0) is 109 Å². The minimum absolute atomic E-state index is 0.874. The summed E-state index contributed by atoms with van der Waals surface area (Å²) in [7, 11) is 0. The van der Waals surface area contributed by atoms with Crippen LogP contribution < -0.4 is 4.90 Å². The quantitative estimate of drug-likeness (QED) is 0.153. The van der Waals surface area contributed by atoms with Gasteiger partial charge in [0, 0.05) is 27.7 Å². The molecule has 1 heterocycles. The van der Waals surface area contributed by atoms with Gasteiger partial charge in [0.15, 0.2) is 0 Å². The van der Waals surface area contributed by atoms with E-state index in [0.29, 0.717) is 0 Å². The van der Waals surface area contributed by atoms with E-state index in [4.69, 9.17) is 4.42 Å². The van der Waals surface area contributed by atoms with Gasteiger partial charge in [0.2, 0.25) is 0 Å². The summed E-state index contributed by atoms with van der Waals surface area (Å²) in [5.74, 6) is 0. The highest BCUT2D eigenvalue weighted by molar-refractivity contribution is 6.07. The van der Waals surface area contributed by atoms with E-state index >= 15 is 0 Å². The molecule has 0 aliphatic heterocycles. The van der Waals surface area contributed by atoms with Gasteiger partial charge in [0.05, 0.1) is 5.69 Å². The number of nitrogens with zero attached hydrogens (tertiary/aromatic N) is 1. The summed E-state index contributed by atoms with van der Waals surface area (Å²) in [4.78, 5) is 2.39. The van der Waals surface area contributed by atoms with E-state index in [1.165, 1.54) is 55.3 Å². The smallest absolute Gasteiger partial charge is 0.135 e. The number of para-hydroxylation sites is 2. The molecule has 10 aromatic carbocycles. The van der Waals surface area contributed by atoms with Crippen LogP contribution in [0.15, 0.2) is 241 Å². The lowest BCUT2D eigenvalue weighted by Crippen LogP contribution is -2.11. The standard InChI is InChI=1S/C58H39NO/c1-2-14-40(15-3-1)42-26-29-44(30-27-42)49-18-6-7-19-50(49)51-20-8-9-21-52(51)53-22-10-12-24-56(53)59(48-36-37-58-55(39-48)54-23-11-13-25-57(54)60-58)47-34-32-43(33-35-47)46-31-28-41-16-4-5-17-45(41)38-46/h1-39H. The molecule has 1 aromatic heterocycles. The number of fused-ring (bicyclic) bond motifs is 4. The van der Waals surface area contributed by atoms with E-state index in [1.807, 2.05) is 12.1 Å². The summed E-state index contributed by atoms with van der Waals surface area (Å²) in [5, 5.41) is 4.67. The third-order valence-electron chi connectivity index (χ3n) is 11.7. The predicted molar refractivity (Wildman–Crippen MR) is 253 cm³/mol. The van der Waals surface area contributed by atoms with Gasteiger partial charge in [-0.3, -0.25) is 0 Å². The molecule has 0 N–H and O–H groups in total. The molecule has 0 fully saturated rings. The molecule has 2 nitrogen and oxygen atoms in total. The molecule has 0 radical (unpaired) electrons. The summed E-state index contributed by atoms with van der Waals surface area (Å²) in [6, 6.07) is 85.0. The van der Waals surface area contributed by atoms with Gasteiger partial charge < -0.3 is 9.32 Å². The number of benzene rings is 10. The van der Waals surface area contributed by atoms with Crippen molar-refractivity contribution >= 4 is 49.8 Å². The van der Waals surface area contributed by atoms with E-state index in [0.717, 1.165) is 50.1 Å². The van der Waals surface area contributed by atoms with Crippen LogP contribution in [0.5, 0.6) is 0 Å². The van der Waals surface area contributed by atoms with Crippen molar-refractivity contribution in [2.75, 3.05) is 4.90 Å². The summed E-state index contributed by atoms with van der Waals surface area (Å²) < 4.78 is 6.31. The number of furan rings is 1. The fourth-order valence-corrected chi connectivity index (χ4v) is 8.74. The normalized spacial score (nSPS) is 11.3. The van der Waals surface area contributed by atoms with Crippen LogP contribution in [0.1, 0.15) is 0 Å². The fourth-order valence-electron chi connectivity index (χ4n) is 8.74. The first-order valence-corrected chi connectivity index (χ1v) is 20.5. The highest BCUT2D eigenvalue weighted by Crippen LogP contribution is 2.46. The van der Waals surface area contributed by atoms with Crippen molar-refractivity contribution in [2.24, 2.45) is 0 Å². The highest BCUT2D eigenvalue weighted by atomic mass is 16.3. The topological polar surface area (TPSA) is 16.4 Å². The Labute approximate surface area is 349 Å². The van der Waals surface area contributed by atoms with Gasteiger partial charge in [-0.25, -0.2) is 0 Å². The third-order valence-corrected chi connectivity index (χ3v) is 11.7. The van der Waals surface area contributed by atoms with E-state index < -0.39 is 0 Å². The summed E-state index contributed by atoms with van der Waals surface area (Å²) in [6.07, 6.45) is 0. The zero-order valence-electron chi connectivity index (χ0n) is 32.9. The molecule has 11 rings (SSSR count). The first-order chi connectivity index (χ1) is 29.7. The minimum Gasteiger partial charge on any atom is -0.456 e. The fraction of sp³-hybridized carbons (Fsp3) is 0. The molecule has 0 aliphatic carbocycles. The zero-order chi connectivity index (χ0) is 39.8. The van der Waals surface area contributed by atoms with Crippen LogP contribution in [0.25, 0.3) is 88.3 Å². The maximum Gasteiger partial charge on any atom is 0.135 e. The lowest BCUT2D eigenvalue weighted by Gasteiger charge is -2.29. The highest BCUT2D eigenvalue weighted by Gasteiger charge is 2.21. The summed E-state index contributed by atoms with van der Waals surface area (Å²) >= 11 is 0. The molecule has 60 heavy (non-hydrogen) atoms. The van der Waals surface area contributed by atoms with Crippen LogP contribution in [0.2, 0.25) is 0 Å². The van der Waals surface area contributed by atoms with Crippen molar-refractivity contribution < 1.29 is 4.42 Å². The van der Waals surface area contributed by atoms with Crippen LogP contribution in [-0.4, -0.2) is 0 Å². The molecule has 11 aromatic rings. The molecule has 0 aliphatic rings. The second kappa shape index (κ2) is 15.1. The number of hydrogen-bond donors (Lipinski definition) is 0. The third kappa shape index (κ3) is 6.41. The average molecular weight is 766 g/mol. The molecule has 0 bridgehead atoms. The maximum atomic E-state index is 6.31. The van der Waals surface area contributed by atoms with Gasteiger partial charge >= 0.3 is 0 Å². The van der Waals surface area contributed by atoms with Gasteiger partial charge in [-0.2, -0.15) is 0 Å². The van der Waals surface area contributed by atoms with Crippen LogP contribution in [0, 0.1) is 0 Å². The van der Waals surface area contributed by atoms with E-state index in [-0.39, 0.29) is 0 Å². The number of anilines is 3. The predicted octanol–water partition coefficient (Wildman–Crippen LogP) is 16.5. The minimum atomic E-state index is 0.874. The molecule has 0 unspecified atom stereocenters. The van der Waals surface area contributed by atoms with E-state index in [2.05, 4.69) is 229 Å². The second-order valence-corrected chi connectivity index (χ2v) is 15.3. The van der Waals surface area contributed by atoms with Crippen LogP contribution in [0.4, 0.5) is 17.1 Å². The van der Waals surface area contributed by atoms with Crippen molar-refractivity contribution in [2.45, 2.75) is 0 Å². The SMILES string of the molecule is c1ccc(-c2ccc(-c3ccccc3-c3ccccc3-c3ccccc3N(c3ccc(-c4ccc5ccccc5c4)cc3)c3ccc4oc5ccccc5c4c3)cc2)cc1. The molecule has 282 valence electrons. The molecular formula is C58H39NO. The molecule has 0 saturated heterocycles.